The number of pyridine rings is 2. The maximum Gasteiger partial charge on any atom is 0.433 e. The average molecular weight is 452 g/mol. The molecule has 1 amide bonds. The van der Waals surface area contributed by atoms with Crippen LogP contribution >= 0.6 is 0 Å². The van der Waals surface area contributed by atoms with E-state index in [0.717, 1.165) is 6.07 Å². The van der Waals surface area contributed by atoms with Crippen molar-refractivity contribution in [2.75, 3.05) is 13.1 Å². The van der Waals surface area contributed by atoms with Crippen molar-refractivity contribution in [3.8, 4) is 17.5 Å². The minimum atomic E-state index is -4.51. The zero-order valence-corrected chi connectivity index (χ0v) is 17.5. The second-order valence-corrected chi connectivity index (χ2v) is 7.90. The van der Waals surface area contributed by atoms with E-state index in [4.69, 9.17) is 0 Å². The number of alkyl halides is 3. The molecule has 0 bridgehead atoms. The smallest absolute Gasteiger partial charge is 0.338 e. The Labute approximate surface area is 188 Å². The first-order valence-electron chi connectivity index (χ1n) is 10.3. The molecule has 0 radical (unpaired) electrons. The predicted molar refractivity (Wildman–Crippen MR) is 111 cm³/mol. The number of likely N-dealkylation sites (tertiary alicyclic amines) is 1. The molecular formula is C23H19F3N6O. The molecule has 4 rings (SSSR count). The molecule has 0 atom stereocenters. The van der Waals surface area contributed by atoms with Crippen LogP contribution in [0.15, 0.2) is 55.2 Å². The molecule has 4 heterocycles. The Balaban J connectivity index is 1.47. The summed E-state index contributed by atoms with van der Waals surface area (Å²) >= 11 is 0. The quantitative estimate of drug-likeness (QED) is 0.595. The van der Waals surface area contributed by atoms with Gasteiger partial charge in [-0.15, -0.1) is 0 Å². The number of piperidine rings is 1. The van der Waals surface area contributed by atoms with Crippen molar-refractivity contribution < 1.29 is 18.0 Å². The first-order valence-corrected chi connectivity index (χ1v) is 10.3. The van der Waals surface area contributed by atoms with Crippen molar-refractivity contribution in [1.82, 2.24) is 24.8 Å². The third-order valence-electron chi connectivity index (χ3n) is 5.77. The number of nitriles is 1. The lowest BCUT2D eigenvalue weighted by Gasteiger charge is -2.37. The van der Waals surface area contributed by atoms with Gasteiger partial charge < -0.3 is 4.90 Å². The van der Waals surface area contributed by atoms with Gasteiger partial charge in [-0.05, 0) is 49.1 Å². The molecule has 1 fully saturated rings. The second kappa shape index (κ2) is 8.94. The van der Waals surface area contributed by atoms with Gasteiger partial charge in [0.15, 0.2) is 0 Å². The Bertz CT molecular complexity index is 1170. The fraction of sp³-hybridized carbons (Fsp3) is 0.304. The number of rotatable bonds is 4. The number of nitrogens with zero attached hydrogens (tertiary/aromatic N) is 6. The first-order chi connectivity index (χ1) is 15.8. The standard InChI is InChI=1S/C23H19F3N6O/c24-23(25,26)19-4-3-16(13-30-19)12-22(14-27)6-10-32(11-7-22)21(33)17-2-1-8-29-20(17)18-5-9-28-15-31-18/h1-5,8-9,13,15H,6-7,10-12H2. The fourth-order valence-electron chi connectivity index (χ4n) is 3.94. The minimum absolute atomic E-state index is 0.209. The molecule has 168 valence electrons. The van der Waals surface area contributed by atoms with Gasteiger partial charge in [0.1, 0.15) is 17.7 Å². The van der Waals surface area contributed by atoms with Crippen molar-refractivity contribution in [2.45, 2.75) is 25.4 Å². The van der Waals surface area contributed by atoms with Gasteiger partial charge in [0, 0.05) is 31.7 Å². The highest BCUT2D eigenvalue weighted by molar-refractivity contribution is 5.99. The minimum Gasteiger partial charge on any atom is -0.338 e. The van der Waals surface area contributed by atoms with E-state index in [1.807, 2.05) is 0 Å². The van der Waals surface area contributed by atoms with E-state index < -0.39 is 17.3 Å². The number of hydrogen-bond acceptors (Lipinski definition) is 6. The maximum absolute atomic E-state index is 13.2. The van der Waals surface area contributed by atoms with E-state index in [1.54, 1.807) is 35.5 Å². The van der Waals surface area contributed by atoms with Crippen LogP contribution in [0, 0.1) is 16.7 Å². The number of hydrogen-bond donors (Lipinski definition) is 0. The van der Waals surface area contributed by atoms with Crippen LogP contribution in [0.2, 0.25) is 0 Å². The van der Waals surface area contributed by atoms with E-state index in [2.05, 4.69) is 26.0 Å². The SMILES string of the molecule is N#CC1(Cc2ccc(C(F)(F)F)nc2)CCN(C(=O)c2cccnc2-c2ccncn2)CC1. The molecule has 0 N–H and O–H groups in total. The Morgan fingerprint density at radius 2 is 1.88 bits per heavy atom. The van der Waals surface area contributed by atoms with Crippen LogP contribution in [0.3, 0.4) is 0 Å². The van der Waals surface area contributed by atoms with Gasteiger partial charge >= 0.3 is 6.18 Å². The third-order valence-corrected chi connectivity index (χ3v) is 5.77. The normalized spacial score (nSPS) is 15.6. The molecule has 1 aliphatic rings. The number of halogens is 3. The Morgan fingerprint density at radius 3 is 2.48 bits per heavy atom. The zero-order valence-electron chi connectivity index (χ0n) is 17.5. The third kappa shape index (κ3) is 4.82. The van der Waals surface area contributed by atoms with Crippen molar-refractivity contribution >= 4 is 5.91 Å². The summed E-state index contributed by atoms with van der Waals surface area (Å²) in [7, 11) is 0. The summed E-state index contributed by atoms with van der Waals surface area (Å²) < 4.78 is 38.3. The van der Waals surface area contributed by atoms with Gasteiger partial charge in [0.25, 0.3) is 5.91 Å². The Morgan fingerprint density at radius 1 is 1.09 bits per heavy atom. The van der Waals surface area contributed by atoms with Crippen LogP contribution in [0.1, 0.15) is 34.5 Å². The molecule has 33 heavy (non-hydrogen) atoms. The van der Waals surface area contributed by atoms with E-state index in [-0.39, 0.29) is 12.3 Å². The maximum atomic E-state index is 13.2. The molecule has 0 saturated carbocycles. The molecule has 0 aliphatic carbocycles. The van der Waals surface area contributed by atoms with Crippen molar-refractivity contribution in [3.05, 3.63) is 72.1 Å². The summed E-state index contributed by atoms with van der Waals surface area (Å²) in [6.45, 7) is 0.692. The molecular weight excluding hydrogens is 433 g/mol. The lowest BCUT2D eigenvalue weighted by Crippen LogP contribution is -2.43. The van der Waals surface area contributed by atoms with Gasteiger partial charge in [-0.3, -0.25) is 14.8 Å². The molecule has 3 aromatic heterocycles. The van der Waals surface area contributed by atoms with Crippen LogP contribution in [-0.4, -0.2) is 43.8 Å². The molecule has 1 saturated heterocycles. The summed E-state index contributed by atoms with van der Waals surface area (Å²) in [5.41, 5.74) is 0.219. The Kier molecular flexibility index (Phi) is 6.05. The highest BCUT2D eigenvalue weighted by Gasteiger charge is 2.38. The van der Waals surface area contributed by atoms with Crippen LogP contribution in [0.5, 0.6) is 0 Å². The largest absolute Gasteiger partial charge is 0.433 e. The van der Waals surface area contributed by atoms with Crippen molar-refractivity contribution in [1.29, 1.82) is 5.26 Å². The number of aromatic nitrogens is 4. The molecule has 1 aliphatic heterocycles. The van der Waals surface area contributed by atoms with Crippen LogP contribution in [0.4, 0.5) is 13.2 Å². The summed E-state index contributed by atoms with van der Waals surface area (Å²) in [5, 5.41) is 9.84. The van der Waals surface area contributed by atoms with Gasteiger partial charge in [0.2, 0.25) is 0 Å². The monoisotopic (exact) mass is 452 g/mol. The summed E-state index contributed by atoms with van der Waals surface area (Å²) in [6, 6.07) is 9.66. The van der Waals surface area contributed by atoms with Gasteiger partial charge in [-0.1, -0.05) is 6.07 Å². The van der Waals surface area contributed by atoms with Crippen molar-refractivity contribution in [3.63, 3.8) is 0 Å². The Hall–Kier alpha value is -3.87. The number of carbonyl (C=O) groups is 1. The van der Waals surface area contributed by atoms with Crippen LogP contribution in [0.25, 0.3) is 11.4 Å². The molecule has 10 heteroatoms. The lowest BCUT2D eigenvalue weighted by atomic mass is 9.75. The van der Waals surface area contributed by atoms with E-state index in [1.165, 1.54) is 18.6 Å². The topological polar surface area (TPSA) is 95.7 Å². The zero-order chi connectivity index (χ0) is 23.5. The van der Waals surface area contributed by atoms with Gasteiger partial charge in [-0.2, -0.15) is 18.4 Å². The molecule has 0 spiro atoms. The van der Waals surface area contributed by atoms with Crippen LogP contribution < -0.4 is 0 Å². The average Bonchev–Trinajstić information content (AvgIpc) is 2.84. The van der Waals surface area contributed by atoms with Gasteiger partial charge in [-0.25, -0.2) is 9.97 Å². The molecule has 0 aromatic carbocycles. The van der Waals surface area contributed by atoms with Crippen molar-refractivity contribution in [2.24, 2.45) is 5.41 Å². The van der Waals surface area contributed by atoms with E-state index in [9.17, 15) is 23.2 Å². The molecule has 0 unspecified atom stereocenters. The first kappa shape index (κ1) is 22.3. The fourth-order valence-corrected chi connectivity index (χ4v) is 3.94. The predicted octanol–water partition coefficient (Wildman–Crippen LogP) is 3.94. The summed E-state index contributed by atoms with van der Waals surface area (Å²) in [5.74, 6) is -0.209. The molecule has 3 aromatic rings. The van der Waals surface area contributed by atoms with Gasteiger partial charge in [0.05, 0.1) is 22.7 Å². The second-order valence-electron chi connectivity index (χ2n) is 7.90. The summed E-state index contributed by atoms with van der Waals surface area (Å²) in [4.78, 5) is 30.8. The van der Waals surface area contributed by atoms with E-state index >= 15 is 0 Å². The number of carbonyl (C=O) groups excluding carboxylic acids is 1. The highest BCUT2D eigenvalue weighted by Crippen LogP contribution is 2.36. The number of amides is 1. The lowest BCUT2D eigenvalue weighted by molar-refractivity contribution is -0.141. The molecule has 7 nitrogen and oxygen atoms in total. The van der Waals surface area contributed by atoms with Crippen LogP contribution in [-0.2, 0) is 12.6 Å². The highest BCUT2D eigenvalue weighted by atomic mass is 19.4. The van der Waals surface area contributed by atoms with E-state index in [0.29, 0.717) is 48.4 Å². The summed E-state index contributed by atoms with van der Waals surface area (Å²) in [6.07, 6.45) is 2.29.